The Hall–Kier alpha value is -2.67. The normalized spacial score (nSPS) is 10.6. The standard InChI is InChI=1S/C23H27NO5S/c1-2-3-4-5-6-7-8-9-22(25)29-20-14-10-18(11-15-20)23(26)30-21-16-12-19(13-17-21)24(27)28/h10-17H,2-9H2,1H3. The first-order valence-electron chi connectivity index (χ1n) is 10.3. The molecule has 0 fully saturated rings. The second-order valence-corrected chi connectivity index (χ2v) is 8.06. The molecule has 0 saturated heterocycles. The van der Waals surface area contributed by atoms with Gasteiger partial charge in [0.2, 0.25) is 5.12 Å². The van der Waals surface area contributed by atoms with Crippen molar-refractivity contribution in [3.63, 3.8) is 0 Å². The maximum atomic E-state index is 12.4. The molecule has 0 saturated carbocycles. The topological polar surface area (TPSA) is 86.5 Å². The van der Waals surface area contributed by atoms with Crippen molar-refractivity contribution in [2.45, 2.75) is 63.2 Å². The summed E-state index contributed by atoms with van der Waals surface area (Å²) in [5, 5.41) is 10.5. The number of carbonyl (C=O) groups is 2. The molecule has 160 valence electrons. The highest BCUT2D eigenvalue weighted by Crippen LogP contribution is 2.26. The smallest absolute Gasteiger partial charge is 0.311 e. The SMILES string of the molecule is CCCCCCCCCC(=O)Oc1ccc(C(=O)Sc2ccc([N+](=O)[O-])cc2)cc1. The van der Waals surface area contributed by atoms with Crippen LogP contribution in [0.15, 0.2) is 53.4 Å². The Kier molecular flexibility index (Phi) is 10.1. The van der Waals surface area contributed by atoms with E-state index in [0.29, 0.717) is 22.6 Å². The minimum absolute atomic E-state index is 0.0190. The van der Waals surface area contributed by atoms with Crippen molar-refractivity contribution in [2.24, 2.45) is 0 Å². The molecule has 7 heteroatoms. The number of ether oxygens (including phenoxy) is 1. The zero-order chi connectivity index (χ0) is 21.8. The lowest BCUT2D eigenvalue weighted by Crippen LogP contribution is -2.07. The number of esters is 1. The molecule has 0 N–H and O–H groups in total. The van der Waals surface area contributed by atoms with Gasteiger partial charge < -0.3 is 4.74 Å². The van der Waals surface area contributed by atoms with Crippen LogP contribution >= 0.6 is 11.8 Å². The van der Waals surface area contributed by atoms with Gasteiger partial charge >= 0.3 is 5.97 Å². The number of rotatable bonds is 12. The van der Waals surface area contributed by atoms with Crippen molar-refractivity contribution < 1.29 is 19.2 Å². The lowest BCUT2D eigenvalue weighted by Gasteiger charge is -2.06. The zero-order valence-corrected chi connectivity index (χ0v) is 18.0. The number of hydrogen-bond donors (Lipinski definition) is 0. The lowest BCUT2D eigenvalue weighted by atomic mass is 10.1. The van der Waals surface area contributed by atoms with Crippen LogP contribution in [0.1, 0.15) is 68.6 Å². The number of thioether (sulfide) groups is 1. The highest BCUT2D eigenvalue weighted by Gasteiger charge is 2.11. The van der Waals surface area contributed by atoms with Crippen molar-refractivity contribution >= 4 is 28.5 Å². The van der Waals surface area contributed by atoms with Gasteiger partial charge in [0.1, 0.15) is 5.75 Å². The van der Waals surface area contributed by atoms with E-state index in [9.17, 15) is 19.7 Å². The third kappa shape index (κ3) is 8.37. The molecule has 2 rings (SSSR count). The van der Waals surface area contributed by atoms with Crippen LogP contribution in [-0.4, -0.2) is 16.0 Å². The predicted molar refractivity (Wildman–Crippen MR) is 118 cm³/mol. The molecular formula is C23H27NO5S. The van der Waals surface area contributed by atoms with Crippen molar-refractivity contribution in [2.75, 3.05) is 0 Å². The molecule has 0 amide bonds. The van der Waals surface area contributed by atoms with Gasteiger partial charge in [0, 0.05) is 29.0 Å². The van der Waals surface area contributed by atoms with Gasteiger partial charge in [-0.2, -0.15) is 0 Å². The van der Waals surface area contributed by atoms with E-state index in [1.165, 1.54) is 37.8 Å². The molecule has 0 aromatic heterocycles. The van der Waals surface area contributed by atoms with Crippen LogP contribution in [-0.2, 0) is 4.79 Å². The second-order valence-electron chi connectivity index (χ2n) is 7.01. The predicted octanol–water partition coefficient (Wildman–Crippen LogP) is 6.57. The van der Waals surface area contributed by atoms with E-state index < -0.39 is 4.92 Å². The molecule has 2 aromatic carbocycles. The summed E-state index contributed by atoms with van der Waals surface area (Å²) >= 11 is 0.988. The first kappa shape index (κ1) is 23.6. The number of non-ortho nitro benzene ring substituents is 1. The summed E-state index contributed by atoms with van der Waals surface area (Å²) in [7, 11) is 0. The number of nitro benzene ring substituents is 1. The van der Waals surface area contributed by atoms with Crippen LogP contribution in [0.2, 0.25) is 0 Å². The Morgan fingerprint density at radius 2 is 1.50 bits per heavy atom. The Morgan fingerprint density at radius 3 is 2.10 bits per heavy atom. The van der Waals surface area contributed by atoms with Gasteiger partial charge in [0.25, 0.3) is 5.69 Å². The third-order valence-corrected chi connectivity index (χ3v) is 5.49. The quantitative estimate of drug-likeness (QED) is 0.0946. The highest BCUT2D eigenvalue weighted by atomic mass is 32.2. The number of nitrogens with zero attached hydrogens (tertiary/aromatic N) is 1. The molecule has 0 aliphatic rings. The van der Waals surface area contributed by atoms with E-state index in [1.54, 1.807) is 36.4 Å². The van der Waals surface area contributed by atoms with Crippen LogP contribution < -0.4 is 4.74 Å². The van der Waals surface area contributed by atoms with Crippen molar-refractivity contribution in [3.05, 3.63) is 64.2 Å². The van der Waals surface area contributed by atoms with E-state index in [-0.39, 0.29) is 16.8 Å². The minimum Gasteiger partial charge on any atom is -0.427 e. The molecule has 0 aliphatic carbocycles. The number of hydrogen-bond acceptors (Lipinski definition) is 6. The molecular weight excluding hydrogens is 402 g/mol. The summed E-state index contributed by atoms with van der Waals surface area (Å²) in [4.78, 5) is 35.1. The van der Waals surface area contributed by atoms with E-state index >= 15 is 0 Å². The fourth-order valence-corrected chi connectivity index (χ4v) is 3.61. The van der Waals surface area contributed by atoms with E-state index in [2.05, 4.69) is 6.92 Å². The molecule has 0 atom stereocenters. The second kappa shape index (κ2) is 12.8. The monoisotopic (exact) mass is 429 g/mol. The number of nitro groups is 1. The molecule has 0 radical (unpaired) electrons. The van der Waals surface area contributed by atoms with Gasteiger partial charge in [-0.05, 0) is 54.6 Å². The molecule has 0 aliphatic heterocycles. The molecule has 0 unspecified atom stereocenters. The maximum absolute atomic E-state index is 12.4. The summed E-state index contributed by atoms with van der Waals surface area (Å²) in [6.45, 7) is 2.19. The van der Waals surface area contributed by atoms with Crippen LogP contribution in [0.25, 0.3) is 0 Å². The Morgan fingerprint density at radius 1 is 0.900 bits per heavy atom. The largest absolute Gasteiger partial charge is 0.427 e. The Bertz CT molecular complexity index is 834. The number of carbonyl (C=O) groups excluding carboxylic acids is 2. The fourth-order valence-electron chi connectivity index (χ4n) is 2.87. The minimum atomic E-state index is -0.482. The third-order valence-electron chi connectivity index (χ3n) is 4.56. The summed E-state index contributed by atoms with van der Waals surface area (Å²) in [5.74, 6) is 0.155. The Labute approximate surface area is 181 Å². The Balaban J connectivity index is 1.75. The maximum Gasteiger partial charge on any atom is 0.311 e. The summed E-state index contributed by atoms with van der Waals surface area (Å²) in [6.07, 6.45) is 8.38. The lowest BCUT2D eigenvalue weighted by molar-refractivity contribution is -0.384. The molecule has 0 heterocycles. The number of benzene rings is 2. The first-order chi connectivity index (χ1) is 14.5. The number of unbranched alkanes of at least 4 members (excludes halogenated alkanes) is 6. The van der Waals surface area contributed by atoms with Gasteiger partial charge in [0.15, 0.2) is 0 Å². The van der Waals surface area contributed by atoms with Gasteiger partial charge in [-0.1, -0.05) is 45.4 Å². The molecule has 30 heavy (non-hydrogen) atoms. The van der Waals surface area contributed by atoms with Gasteiger partial charge in [-0.15, -0.1) is 0 Å². The van der Waals surface area contributed by atoms with Crippen molar-refractivity contribution in [3.8, 4) is 5.75 Å². The zero-order valence-electron chi connectivity index (χ0n) is 17.2. The van der Waals surface area contributed by atoms with Crippen LogP contribution in [0.4, 0.5) is 5.69 Å². The molecule has 6 nitrogen and oxygen atoms in total. The highest BCUT2D eigenvalue weighted by molar-refractivity contribution is 8.14. The summed E-state index contributed by atoms with van der Waals surface area (Å²) in [5.41, 5.74) is 0.444. The summed E-state index contributed by atoms with van der Waals surface area (Å²) < 4.78 is 5.33. The first-order valence-corrected chi connectivity index (χ1v) is 11.1. The van der Waals surface area contributed by atoms with Gasteiger partial charge in [-0.25, -0.2) is 0 Å². The van der Waals surface area contributed by atoms with E-state index in [4.69, 9.17) is 4.74 Å². The van der Waals surface area contributed by atoms with Crippen molar-refractivity contribution in [1.29, 1.82) is 0 Å². The molecule has 0 bridgehead atoms. The van der Waals surface area contributed by atoms with E-state index in [1.807, 2.05) is 0 Å². The van der Waals surface area contributed by atoms with Gasteiger partial charge in [0.05, 0.1) is 4.92 Å². The summed E-state index contributed by atoms with van der Waals surface area (Å²) in [6, 6.07) is 12.2. The average molecular weight is 430 g/mol. The molecule has 2 aromatic rings. The van der Waals surface area contributed by atoms with E-state index in [0.717, 1.165) is 31.0 Å². The van der Waals surface area contributed by atoms with Crippen LogP contribution in [0, 0.1) is 10.1 Å². The van der Waals surface area contributed by atoms with Crippen LogP contribution in [0.5, 0.6) is 5.75 Å². The fraction of sp³-hybridized carbons (Fsp3) is 0.391. The van der Waals surface area contributed by atoms with Crippen molar-refractivity contribution in [1.82, 2.24) is 0 Å². The van der Waals surface area contributed by atoms with Gasteiger partial charge in [-0.3, -0.25) is 19.7 Å². The average Bonchev–Trinajstić information content (AvgIpc) is 2.74. The molecule has 0 spiro atoms. The van der Waals surface area contributed by atoms with Crippen LogP contribution in [0.3, 0.4) is 0 Å².